The first-order valence-electron chi connectivity index (χ1n) is 9.03. The van der Waals surface area contributed by atoms with Crippen molar-refractivity contribution in [2.45, 2.75) is 39.3 Å². The lowest BCUT2D eigenvalue weighted by Gasteiger charge is -2.14. The molecule has 0 saturated heterocycles. The van der Waals surface area contributed by atoms with Crippen molar-refractivity contribution >= 4 is 17.4 Å². The van der Waals surface area contributed by atoms with Gasteiger partial charge in [0.1, 0.15) is 11.6 Å². The zero-order chi connectivity index (χ0) is 18.4. The second-order valence-electron chi connectivity index (χ2n) is 6.49. The first kappa shape index (κ1) is 18.0. The van der Waals surface area contributed by atoms with E-state index in [2.05, 4.69) is 35.0 Å². The van der Waals surface area contributed by atoms with Crippen molar-refractivity contribution in [1.29, 1.82) is 0 Å². The molecule has 0 saturated carbocycles. The van der Waals surface area contributed by atoms with E-state index in [1.54, 1.807) is 0 Å². The van der Waals surface area contributed by atoms with Gasteiger partial charge in [-0.2, -0.15) is 0 Å². The Bertz CT molecular complexity index is 855. The number of carbonyl (C=O) groups is 1. The van der Waals surface area contributed by atoms with Gasteiger partial charge in [0.25, 0.3) is 0 Å². The van der Waals surface area contributed by atoms with E-state index >= 15 is 0 Å². The van der Waals surface area contributed by atoms with Crippen molar-refractivity contribution in [3.05, 3.63) is 59.9 Å². The number of aryl methyl sites for hydroxylation is 2. The largest absolute Gasteiger partial charge is 0.494 e. The van der Waals surface area contributed by atoms with Crippen molar-refractivity contribution < 1.29 is 9.53 Å². The van der Waals surface area contributed by atoms with Gasteiger partial charge in [-0.3, -0.25) is 4.79 Å². The molecule has 1 atom stereocenters. The predicted molar refractivity (Wildman–Crippen MR) is 103 cm³/mol. The molecule has 0 aliphatic heterocycles. The Labute approximate surface area is 154 Å². The molecule has 0 aliphatic rings. The molecule has 26 heavy (non-hydrogen) atoms. The minimum Gasteiger partial charge on any atom is -0.494 e. The summed E-state index contributed by atoms with van der Waals surface area (Å²) in [5, 5.41) is 2.80. The molecule has 0 bridgehead atoms. The fourth-order valence-electron chi connectivity index (χ4n) is 3.03. The number of unbranched alkanes of at least 4 members (excludes halogenated alkanes) is 1. The highest BCUT2D eigenvalue weighted by molar-refractivity contribution is 5.76. The highest BCUT2D eigenvalue weighted by Crippen LogP contribution is 2.21. The number of aromatic nitrogens is 2. The fraction of sp³-hybridized carbons (Fsp3) is 0.333. The van der Waals surface area contributed by atoms with E-state index in [9.17, 15) is 4.79 Å². The van der Waals surface area contributed by atoms with E-state index in [4.69, 9.17) is 9.72 Å². The first-order chi connectivity index (χ1) is 12.7. The summed E-state index contributed by atoms with van der Waals surface area (Å²) in [5.41, 5.74) is 3.29. The predicted octanol–water partition coefficient (Wildman–Crippen LogP) is 4.01. The molecule has 0 spiro atoms. The molecular formula is C21H25N3O2. The van der Waals surface area contributed by atoms with Crippen LogP contribution in [0, 0.1) is 6.92 Å². The van der Waals surface area contributed by atoms with Gasteiger partial charge in [-0.05, 0) is 51.0 Å². The molecule has 3 rings (SSSR count). The molecule has 5 nitrogen and oxygen atoms in total. The molecule has 1 unspecified atom stereocenters. The number of rotatable bonds is 9. The van der Waals surface area contributed by atoms with Crippen LogP contribution in [0.15, 0.2) is 48.5 Å². The lowest BCUT2D eigenvalue weighted by Crippen LogP contribution is -2.20. The number of hydrogen-bond donors (Lipinski definition) is 1. The minimum atomic E-state index is -0.122. The van der Waals surface area contributed by atoms with Crippen LogP contribution in [0.3, 0.4) is 0 Å². The third-order valence-electron chi connectivity index (χ3n) is 4.46. The van der Waals surface area contributed by atoms with E-state index in [0.29, 0.717) is 6.61 Å². The van der Waals surface area contributed by atoms with Gasteiger partial charge in [0, 0.05) is 6.54 Å². The van der Waals surface area contributed by atoms with Crippen LogP contribution in [0.4, 0.5) is 0 Å². The Morgan fingerprint density at radius 3 is 2.69 bits per heavy atom. The molecular weight excluding hydrogens is 326 g/mol. The average Bonchev–Trinajstić information content (AvgIpc) is 3.02. The molecule has 0 aliphatic carbocycles. The second-order valence-corrected chi connectivity index (χ2v) is 6.49. The topological polar surface area (TPSA) is 56.1 Å². The van der Waals surface area contributed by atoms with Crippen LogP contribution in [0.5, 0.6) is 5.75 Å². The number of benzene rings is 2. The maximum Gasteiger partial charge on any atom is 0.207 e. The van der Waals surface area contributed by atoms with Crippen LogP contribution in [-0.4, -0.2) is 22.6 Å². The Kier molecular flexibility index (Phi) is 5.89. The standard InChI is InChI=1S/C21H25N3O2/c1-16-9-11-18(12-10-16)26-14-6-5-13-24-20-8-4-3-7-19(20)23-21(24)17(2)22-15-25/h3-4,7-12,15,17H,5-6,13-14H2,1-2H3,(H,22,25). The summed E-state index contributed by atoms with van der Waals surface area (Å²) in [6, 6.07) is 16.1. The molecule has 136 valence electrons. The normalized spacial score (nSPS) is 12.1. The summed E-state index contributed by atoms with van der Waals surface area (Å²) in [6.07, 6.45) is 2.66. The number of hydrogen-bond acceptors (Lipinski definition) is 3. The maximum absolute atomic E-state index is 10.8. The number of ether oxygens (including phenoxy) is 1. The highest BCUT2D eigenvalue weighted by atomic mass is 16.5. The van der Waals surface area contributed by atoms with Crippen molar-refractivity contribution in [1.82, 2.24) is 14.9 Å². The summed E-state index contributed by atoms with van der Waals surface area (Å²) in [7, 11) is 0. The summed E-state index contributed by atoms with van der Waals surface area (Å²) >= 11 is 0. The molecule has 2 aromatic carbocycles. The summed E-state index contributed by atoms with van der Waals surface area (Å²) < 4.78 is 8.00. The van der Waals surface area contributed by atoms with Crippen molar-refractivity contribution in [3.63, 3.8) is 0 Å². The fourth-order valence-corrected chi connectivity index (χ4v) is 3.03. The summed E-state index contributed by atoms with van der Waals surface area (Å²) in [5.74, 6) is 1.80. The third-order valence-corrected chi connectivity index (χ3v) is 4.46. The van der Waals surface area contributed by atoms with E-state index in [1.165, 1.54) is 5.56 Å². The lowest BCUT2D eigenvalue weighted by molar-refractivity contribution is -0.110. The monoisotopic (exact) mass is 351 g/mol. The summed E-state index contributed by atoms with van der Waals surface area (Å²) in [4.78, 5) is 15.5. The van der Waals surface area contributed by atoms with Crippen molar-refractivity contribution in [2.24, 2.45) is 0 Å². The van der Waals surface area contributed by atoms with Gasteiger partial charge in [0.05, 0.1) is 23.7 Å². The zero-order valence-corrected chi connectivity index (χ0v) is 15.3. The number of amides is 1. The molecule has 0 fully saturated rings. The van der Waals surface area contributed by atoms with Gasteiger partial charge < -0.3 is 14.6 Å². The second kappa shape index (κ2) is 8.52. The van der Waals surface area contributed by atoms with Crippen LogP contribution in [0.1, 0.15) is 37.2 Å². The minimum absolute atomic E-state index is 0.122. The third kappa shape index (κ3) is 4.23. The van der Waals surface area contributed by atoms with E-state index < -0.39 is 0 Å². The maximum atomic E-state index is 10.8. The van der Waals surface area contributed by atoms with Crippen LogP contribution in [-0.2, 0) is 11.3 Å². The Morgan fingerprint density at radius 2 is 1.92 bits per heavy atom. The molecule has 5 heteroatoms. The van der Waals surface area contributed by atoms with E-state index in [-0.39, 0.29) is 6.04 Å². The van der Waals surface area contributed by atoms with E-state index in [0.717, 1.165) is 48.4 Å². The van der Waals surface area contributed by atoms with Gasteiger partial charge in [0.15, 0.2) is 0 Å². The molecule has 1 aromatic heterocycles. The molecule has 1 N–H and O–H groups in total. The lowest BCUT2D eigenvalue weighted by atomic mass is 10.2. The number of nitrogens with one attached hydrogen (secondary N) is 1. The molecule has 0 radical (unpaired) electrons. The Morgan fingerprint density at radius 1 is 1.15 bits per heavy atom. The van der Waals surface area contributed by atoms with Gasteiger partial charge in [-0.1, -0.05) is 29.8 Å². The zero-order valence-electron chi connectivity index (χ0n) is 15.3. The highest BCUT2D eigenvalue weighted by Gasteiger charge is 2.15. The molecule has 3 aromatic rings. The number of imidazole rings is 1. The van der Waals surface area contributed by atoms with Crippen LogP contribution in [0.25, 0.3) is 11.0 Å². The smallest absolute Gasteiger partial charge is 0.207 e. The van der Waals surface area contributed by atoms with Crippen LogP contribution >= 0.6 is 0 Å². The van der Waals surface area contributed by atoms with Crippen LogP contribution < -0.4 is 10.1 Å². The van der Waals surface area contributed by atoms with Gasteiger partial charge in [-0.25, -0.2) is 4.98 Å². The number of para-hydroxylation sites is 2. The number of carbonyl (C=O) groups excluding carboxylic acids is 1. The van der Waals surface area contributed by atoms with Crippen molar-refractivity contribution in [2.75, 3.05) is 6.61 Å². The SMILES string of the molecule is Cc1ccc(OCCCCn2c(C(C)NC=O)nc3ccccc32)cc1. The van der Waals surface area contributed by atoms with Crippen molar-refractivity contribution in [3.8, 4) is 5.75 Å². The van der Waals surface area contributed by atoms with Gasteiger partial charge in [0.2, 0.25) is 6.41 Å². The quantitative estimate of drug-likeness (QED) is 0.468. The molecule has 1 heterocycles. The first-order valence-corrected chi connectivity index (χ1v) is 9.03. The number of fused-ring (bicyclic) bond motifs is 1. The summed E-state index contributed by atoms with van der Waals surface area (Å²) in [6.45, 7) is 5.55. The van der Waals surface area contributed by atoms with Gasteiger partial charge in [-0.15, -0.1) is 0 Å². The van der Waals surface area contributed by atoms with Gasteiger partial charge >= 0.3 is 0 Å². The average molecular weight is 351 g/mol. The molecule has 1 amide bonds. The van der Waals surface area contributed by atoms with E-state index in [1.807, 2.05) is 37.3 Å². The Balaban J connectivity index is 1.61. The number of nitrogens with zero attached hydrogens (tertiary/aromatic N) is 2. The van der Waals surface area contributed by atoms with Crippen LogP contribution in [0.2, 0.25) is 0 Å². The Hall–Kier alpha value is -2.82.